The van der Waals surface area contributed by atoms with Crippen LogP contribution >= 0.6 is 11.6 Å². The molecule has 0 saturated carbocycles. The fourth-order valence-corrected chi connectivity index (χ4v) is 0.369. The van der Waals surface area contributed by atoms with Gasteiger partial charge in [0.2, 0.25) is 0 Å². The van der Waals surface area contributed by atoms with Crippen LogP contribution in [0.25, 0.3) is 0 Å². The maximum absolute atomic E-state index is 5.40. The summed E-state index contributed by atoms with van der Waals surface area (Å²) in [4.78, 5) is 0. The zero-order valence-corrected chi connectivity index (χ0v) is 3.87. The minimum Gasteiger partial charge on any atom is -0.313 e. The van der Waals surface area contributed by atoms with E-state index in [2.05, 4.69) is 10.9 Å². The Morgan fingerprint density at radius 3 is 2.00 bits per heavy atom. The molecule has 4 N–H and O–H groups in total. The van der Waals surface area contributed by atoms with E-state index in [4.69, 9.17) is 17.3 Å². The number of halogens is 1. The zero-order valence-electron chi connectivity index (χ0n) is 3.11. The van der Waals surface area contributed by atoms with Crippen LogP contribution in [0.4, 0.5) is 0 Å². The number of hydrogen-bond donors (Lipinski definition) is 3. The van der Waals surface area contributed by atoms with E-state index in [-0.39, 0.29) is 11.7 Å². The standard InChI is InChI=1S/C2H6ClN3/c3-1-2(4)6-5-1/h1-2,5-6H,4H2/t1?,2-/m1/s1. The molecule has 0 amide bonds. The molecule has 4 heteroatoms. The largest absolute Gasteiger partial charge is 0.313 e. The van der Waals surface area contributed by atoms with Gasteiger partial charge in [-0.15, -0.1) is 11.6 Å². The Morgan fingerprint density at radius 1 is 1.50 bits per heavy atom. The highest BCUT2D eigenvalue weighted by molar-refractivity contribution is 6.21. The van der Waals surface area contributed by atoms with Crippen LogP contribution in [0.15, 0.2) is 0 Å². The van der Waals surface area contributed by atoms with Crippen LogP contribution < -0.4 is 16.6 Å². The number of rotatable bonds is 0. The van der Waals surface area contributed by atoms with Gasteiger partial charge in [0.15, 0.2) is 0 Å². The molecule has 0 aromatic rings. The first-order chi connectivity index (χ1) is 2.80. The summed E-state index contributed by atoms with van der Waals surface area (Å²) in [5, 5.41) is 0. The second-order valence-corrected chi connectivity index (χ2v) is 1.69. The van der Waals surface area contributed by atoms with Crippen LogP contribution in [-0.2, 0) is 0 Å². The first-order valence-corrected chi connectivity index (χ1v) is 2.15. The first kappa shape index (κ1) is 4.33. The Balaban J connectivity index is 2.20. The highest BCUT2D eigenvalue weighted by Gasteiger charge is 2.22. The Morgan fingerprint density at radius 2 is 2.00 bits per heavy atom. The number of nitrogens with one attached hydrogen (secondary N) is 2. The molecule has 6 heavy (non-hydrogen) atoms. The van der Waals surface area contributed by atoms with Crippen molar-refractivity contribution in [3.05, 3.63) is 0 Å². The van der Waals surface area contributed by atoms with Gasteiger partial charge in [0, 0.05) is 0 Å². The van der Waals surface area contributed by atoms with Crippen LogP contribution in [-0.4, -0.2) is 11.7 Å². The van der Waals surface area contributed by atoms with E-state index in [9.17, 15) is 0 Å². The van der Waals surface area contributed by atoms with Crippen molar-refractivity contribution in [3.63, 3.8) is 0 Å². The SMILES string of the molecule is N[C@@H]1NNC1Cl. The maximum Gasteiger partial charge on any atom is 0.125 e. The summed E-state index contributed by atoms with van der Waals surface area (Å²) in [5.74, 6) is 0. The summed E-state index contributed by atoms with van der Waals surface area (Å²) in [6, 6.07) is 0. The molecule has 0 aliphatic carbocycles. The normalized spacial score (nSPS) is 45.0. The van der Waals surface area contributed by atoms with E-state index in [1.165, 1.54) is 0 Å². The molecule has 3 nitrogen and oxygen atoms in total. The highest BCUT2D eigenvalue weighted by Crippen LogP contribution is 1.97. The van der Waals surface area contributed by atoms with E-state index in [1.807, 2.05) is 0 Å². The lowest BCUT2D eigenvalue weighted by Crippen LogP contribution is -2.68. The lowest BCUT2D eigenvalue weighted by Gasteiger charge is -2.30. The Hall–Kier alpha value is 0.170. The van der Waals surface area contributed by atoms with Gasteiger partial charge in [0.25, 0.3) is 0 Å². The van der Waals surface area contributed by atoms with Crippen molar-refractivity contribution in [2.75, 3.05) is 0 Å². The van der Waals surface area contributed by atoms with Gasteiger partial charge in [0.1, 0.15) is 5.50 Å². The molecule has 1 aliphatic rings. The summed E-state index contributed by atoms with van der Waals surface area (Å²) in [7, 11) is 0. The Bertz CT molecular complexity index is 48.8. The molecule has 0 aromatic heterocycles. The smallest absolute Gasteiger partial charge is 0.125 e. The van der Waals surface area contributed by atoms with Crippen molar-refractivity contribution in [2.24, 2.45) is 5.73 Å². The van der Waals surface area contributed by atoms with Crippen molar-refractivity contribution in [1.82, 2.24) is 10.9 Å². The molecule has 1 fully saturated rings. The average molecular weight is 108 g/mol. The molecule has 1 aliphatic heterocycles. The molecule has 0 radical (unpaired) electrons. The fourth-order valence-electron chi connectivity index (χ4n) is 0.243. The first-order valence-electron chi connectivity index (χ1n) is 1.71. The monoisotopic (exact) mass is 107 g/mol. The molecule has 1 unspecified atom stereocenters. The minimum absolute atomic E-state index is 0.0633. The lowest BCUT2D eigenvalue weighted by atomic mass is 10.5. The highest BCUT2D eigenvalue weighted by atomic mass is 35.5. The van der Waals surface area contributed by atoms with Gasteiger partial charge in [-0.3, -0.25) is 0 Å². The molecule has 1 saturated heterocycles. The van der Waals surface area contributed by atoms with Crippen LogP contribution in [0.1, 0.15) is 0 Å². The maximum atomic E-state index is 5.40. The number of alkyl halides is 1. The average Bonchev–Trinajstić information content (AvgIpc) is 1.61. The van der Waals surface area contributed by atoms with E-state index in [1.54, 1.807) is 0 Å². The van der Waals surface area contributed by atoms with Gasteiger partial charge in [0.05, 0.1) is 6.17 Å². The van der Waals surface area contributed by atoms with Gasteiger partial charge >= 0.3 is 0 Å². The molecular weight excluding hydrogens is 101 g/mol. The zero-order chi connectivity index (χ0) is 4.57. The molecule has 2 atom stereocenters. The summed E-state index contributed by atoms with van der Waals surface area (Å²) in [6.45, 7) is 0. The predicted molar refractivity (Wildman–Crippen MR) is 23.9 cm³/mol. The molecular formula is C2H6ClN3. The summed E-state index contributed by atoms with van der Waals surface area (Å²) in [6.07, 6.45) is -0.0633. The molecule has 0 spiro atoms. The van der Waals surface area contributed by atoms with E-state index in [0.717, 1.165) is 0 Å². The van der Waals surface area contributed by atoms with E-state index in [0.29, 0.717) is 0 Å². The van der Waals surface area contributed by atoms with Gasteiger partial charge in [-0.25, -0.2) is 10.9 Å². The van der Waals surface area contributed by atoms with E-state index < -0.39 is 0 Å². The lowest BCUT2D eigenvalue weighted by molar-refractivity contribution is 0.273. The quantitative estimate of drug-likeness (QED) is 0.273. The van der Waals surface area contributed by atoms with Crippen molar-refractivity contribution in [3.8, 4) is 0 Å². The van der Waals surface area contributed by atoms with Crippen molar-refractivity contribution >= 4 is 11.6 Å². The molecule has 1 heterocycles. The Kier molecular flexibility index (Phi) is 0.972. The topological polar surface area (TPSA) is 50.1 Å². The third-order valence-corrected chi connectivity index (χ3v) is 1.08. The molecule has 1 rings (SSSR count). The number of hydrogen-bond acceptors (Lipinski definition) is 3. The van der Waals surface area contributed by atoms with Gasteiger partial charge in [-0.05, 0) is 0 Å². The minimum atomic E-state index is -0.0787. The summed E-state index contributed by atoms with van der Waals surface area (Å²) >= 11 is 5.40. The van der Waals surface area contributed by atoms with Gasteiger partial charge in [-0.1, -0.05) is 0 Å². The van der Waals surface area contributed by atoms with Gasteiger partial charge < -0.3 is 5.73 Å². The van der Waals surface area contributed by atoms with Gasteiger partial charge in [-0.2, -0.15) is 0 Å². The number of hydrazine groups is 1. The molecule has 0 aromatic carbocycles. The summed E-state index contributed by atoms with van der Waals surface area (Å²) < 4.78 is 0. The third-order valence-electron chi connectivity index (χ3n) is 0.703. The fraction of sp³-hybridized carbons (Fsp3) is 1.00. The third kappa shape index (κ3) is 0.498. The molecule has 0 bridgehead atoms. The second kappa shape index (κ2) is 1.35. The van der Waals surface area contributed by atoms with Crippen LogP contribution in [0, 0.1) is 0 Å². The van der Waals surface area contributed by atoms with E-state index >= 15 is 0 Å². The second-order valence-electron chi connectivity index (χ2n) is 1.22. The van der Waals surface area contributed by atoms with Crippen LogP contribution in [0.5, 0.6) is 0 Å². The number of nitrogens with two attached hydrogens (primary N) is 1. The summed E-state index contributed by atoms with van der Waals surface area (Å²) in [5.41, 5.74) is 10.4. The van der Waals surface area contributed by atoms with Crippen LogP contribution in [0.2, 0.25) is 0 Å². The van der Waals surface area contributed by atoms with Crippen molar-refractivity contribution in [1.29, 1.82) is 0 Å². The molecule has 36 valence electrons. The Labute approximate surface area is 40.8 Å². The predicted octanol–water partition coefficient (Wildman–Crippen LogP) is -1.06. The van der Waals surface area contributed by atoms with Crippen molar-refractivity contribution in [2.45, 2.75) is 11.7 Å². The van der Waals surface area contributed by atoms with Crippen molar-refractivity contribution < 1.29 is 0 Å². The van der Waals surface area contributed by atoms with Crippen LogP contribution in [0.3, 0.4) is 0 Å².